The molecule has 0 unspecified atom stereocenters. The van der Waals surface area contributed by atoms with Crippen molar-refractivity contribution < 1.29 is 9.53 Å². The number of Topliss-reactive ketones (excluding diaryl/α,β-unsaturated/α-hetero) is 1. The molecule has 3 nitrogen and oxygen atoms in total. The number of ketones is 1. The van der Waals surface area contributed by atoms with E-state index < -0.39 is 0 Å². The summed E-state index contributed by atoms with van der Waals surface area (Å²) in [4.78, 5) is 14.6. The van der Waals surface area contributed by atoms with Crippen molar-refractivity contribution in [3.63, 3.8) is 0 Å². The highest BCUT2D eigenvalue weighted by Crippen LogP contribution is 2.21. The van der Waals surface area contributed by atoms with E-state index in [-0.39, 0.29) is 5.78 Å². The van der Waals surface area contributed by atoms with Gasteiger partial charge in [-0.1, -0.05) is 6.07 Å². The highest BCUT2D eigenvalue weighted by Gasteiger charge is 2.17. The fourth-order valence-electron chi connectivity index (χ4n) is 2.27. The SMILES string of the molecule is COc1cc(C)ccc1C(=O)CN1CCCSCC1. The number of hydrogen-bond acceptors (Lipinski definition) is 4. The lowest BCUT2D eigenvalue weighted by atomic mass is 10.1. The van der Waals surface area contributed by atoms with Crippen LogP contribution in [0.1, 0.15) is 22.3 Å². The summed E-state index contributed by atoms with van der Waals surface area (Å²) in [6, 6.07) is 5.77. The normalized spacial score (nSPS) is 16.9. The molecule has 0 spiro atoms. The Hall–Kier alpha value is -1.00. The average molecular weight is 279 g/mol. The number of ether oxygens (including phenoxy) is 1. The van der Waals surface area contributed by atoms with Gasteiger partial charge in [-0.3, -0.25) is 9.69 Å². The first-order chi connectivity index (χ1) is 9.20. The predicted octanol–water partition coefficient (Wildman–Crippen LogP) is 2.63. The molecule has 2 rings (SSSR count). The Bertz CT molecular complexity index is 440. The number of carbonyl (C=O) groups is 1. The predicted molar refractivity (Wildman–Crippen MR) is 80.4 cm³/mol. The molecule has 1 aliphatic heterocycles. The maximum Gasteiger partial charge on any atom is 0.180 e. The van der Waals surface area contributed by atoms with Gasteiger partial charge in [0.05, 0.1) is 19.2 Å². The maximum atomic E-state index is 12.4. The van der Waals surface area contributed by atoms with Crippen molar-refractivity contribution in [2.75, 3.05) is 38.2 Å². The minimum Gasteiger partial charge on any atom is -0.496 e. The quantitative estimate of drug-likeness (QED) is 0.793. The molecule has 1 saturated heterocycles. The molecule has 19 heavy (non-hydrogen) atoms. The highest BCUT2D eigenvalue weighted by molar-refractivity contribution is 7.99. The van der Waals surface area contributed by atoms with Crippen LogP contribution in [0.2, 0.25) is 0 Å². The van der Waals surface area contributed by atoms with Gasteiger partial charge in [-0.25, -0.2) is 0 Å². The topological polar surface area (TPSA) is 29.5 Å². The van der Waals surface area contributed by atoms with E-state index in [9.17, 15) is 4.79 Å². The minimum absolute atomic E-state index is 0.156. The molecule has 0 aromatic heterocycles. The van der Waals surface area contributed by atoms with Gasteiger partial charge < -0.3 is 4.74 Å². The van der Waals surface area contributed by atoms with E-state index in [0.717, 1.165) is 24.4 Å². The van der Waals surface area contributed by atoms with Gasteiger partial charge in [0.2, 0.25) is 0 Å². The molecule has 1 heterocycles. The van der Waals surface area contributed by atoms with Crippen LogP contribution in [0.3, 0.4) is 0 Å². The van der Waals surface area contributed by atoms with Crippen molar-refractivity contribution in [1.29, 1.82) is 0 Å². The van der Waals surface area contributed by atoms with Gasteiger partial charge in [-0.15, -0.1) is 0 Å². The highest BCUT2D eigenvalue weighted by atomic mass is 32.2. The maximum absolute atomic E-state index is 12.4. The van der Waals surface area contributed by atoms with E-state index in [1.165, 1.54) is 12.2 Å². The third-order valence-electron chi connectivity index (χ3n) is 3.34. The van der Waals surface area contributed by atoms with Crippen molar-refractivity contribution in [3.8, 4) is 5.75 Å². The zero-order chi connectivity index (χ0) is 13.7. The van der Waals surface area contributed by atoms with Gasteiger partial charge in [0.15, 0.2) is 5.78 Å². The van der Waals surface area contributed by atoms with E-state index in [1.807, 2.05) is 36.9 Å². The first-order valence-electron chi connectivity index (χ1n) is 6.68. The molecule has 1 aromatic carbocycles. The van der Waals surface area contributed by atoms with Crippen LogP contribution in [0.5, 0.6) is 5.75 Å². The van der Waals surface area contributed by atoms with E-state index in [1.54, 1.807) is 7.11 Å². The van der Waals surface area contributed by atoms with Gasteiger partial charge in [0, 0.05) is 12.3 Å². The molecule has 0 atom stereocenters. The van der Waals surface area contributed by atoms with Crippen LogP contribution >= 0.6 is 11.8 Å². The Morgan fingerprint density at radius 1 is 1.37 bits per heavy atom. The first-order valence-corrected chi connectivity index (χ1v) is 7.84. The molecular weight excluding hydrogens is 258 g/mol. The summed E-state index contributed by atoms with van der Waals surface area (Å²) in [7, 11) is 1.62. The second kappa shape index (κ2) is 6.96. The minimum atomic E-state index is 0.156. The standard InChI is InChI=1S/C15H21NO2S/c1-12-4-5-13(15(10-12)18-2)14(17)11-16-6-3-8-19-9-7-16/h4-5,10H,3,6-9,11H2,1-2H3. The van der Waals surface area contributed by atoms with Crippen molar-refractivity contribution in [1.82, 2.24) is 4.90 Å². The van der Waals surface area contributed by atoms with Crippen LogP contribution in [-0.4, -0.2) is 48.9 Å². The molecule has 0 amide bonds. The second-order valence-corrected chi connectivity index (χ2v) is 6.09. The summed E-state index contributed by atoms with van der Waals surface area (Å²) >= 11 is 1.97. The van der Waals surface area contributed by atoms with Gasteiger partial charge in [-0.05, 0) is 43.3 Å². The van der Waals surface area contributed by atoms with E-state index in [4.69, 9.17) is 4.74 Å². The Morgan fingerprint density at radius 2 is 2.21 bits per heavy atom. The summed E-state index contributed by atoms with van der Waals surface area (Å²) in [5.41, 5.74) is 1.81. The summed E-state index contributed by atoms with van der Waals surface area (Å²) < 4.78 is 5.32. The zero-order valence-electron chi connectivity index (χ0n) is 11.6. The molecule has 0 N–H and O–H groups in total. The number of benzene rings is 1. The van der Waals surface area contributed by atoms with Gasteiger partial charge in [0.1, 0.15) is 5.75 Å². The second-order valence-electron chi connectivity index (χ2n) is 4.87. The fraction of sp³-hybridized carbons (Fsp3) is 0.533. The monoisotopic (exact) mass is 279 g/mol. The molecule has 1 fully saturated rings. The van der Waals surface area contributed by atoms with E-state index in [0.29, 0.717) is 17.9 Å². The molecule has 104 valence electrons. The Labute approximate surface area is 119 Å². The van der Waals surface area contributed by atoms with E-state index in [2.05, 4.69) is 4.90 Å². The molecule has 0 bridgehead atoms. The smallest absolute Gasteiger partial charge is 0.180 e. The summed E-state index contributed by atoms with van der Waals surface area (Å²) in [5, 5.41) is 0. The Morgan fingerprint density at radius 3 is 3.00 bits per heavy atom. The number of hydrogen-bond donors (Lipinski definition) is 0. The molecule has 1 aliphatic rings. The summed E-state index contributed by atoms with van der Waals surface area (Å²) in [6.45, 7) is 4.53. The van der Waals surface area contributed by atoms with Crippen LogP contribution in [0.15, 0.2) is 18.2 Å². The molecular formula is C15H21NO2S. The summed E-state index contributed by atoms with van der Waals surface area (Å²) in [5.74, 6) is 3.18. The van der Waals surface area contributed by atoms with Gasteiger partial charge in [0.25, 0.3) is 0 Å². The Kier molecular flexibility index (Phi) is 5.28. The van der Waals surface area contributed by atoms with Crippen LogP contribution in [-0.2, 0) is 0 Å². The number of nitrogens with zero attached hydrogens (tertiary/aromatic N) is 1. The number of rotatable bonds is 4. The largest absolute Gasteiger partial charge is 0.496 e. The van der Waals surface area contributed by atoms with Crippen LogP contribution in [0.25, 0.3) is 0 Å². The molecule has 0 aliphatic carbocycles. The lowest BCUT2D eigenvalue weighted by molar-refractivity contribution is 0.0933. The third-order valence-corrected chi connectivity index (χ3v) is 4.39. The Balaban J connectivity index is 2.06. The van der Waals surface area contributed by atoms with Crippen molar-refractivity contribution in [2.24, 2.45) is 0 Å². The van der Waals surface area contributed by atoms with E-state index >= 15 is 0 Å². The lowest BCUT2D eigenvalue weighted by Crippen LogP contribution is -2.32. The molecule has 4 heteroatoms. The number of methoxy groups -OCH3 is 1. The first kappa shape index (κ1) is 14.4. The molecule has 0 saturated carbocycles. The molecule has 0 radical (unpaired) electrons. The van der Waals surface area contributed by atoms with Crippen molar-refractivity contribution in [3.05, 3.63) is 29.3 Å². The zero-order valence-corrected chi connectivity index (χ0v) is 12.5. The average Bonchev–Trinajstić information content (AvgIpc) is 2.67. The number of thioether (sulfide) groups is 1. The fourth-order valence-corrected chi connectivity index (χ4v) is 3.20. The van der Waals surface area contributed by atoms with Crippen LogP contribution in [0, 0.1) is 6.92 Å². The van der Waals surface area contributed by atoms with Crippen LogP contribution in [0.4, 0.5) is 0 Å². The number of carbonyl (C=O) groups excluding carboxylic acids is 1. The molecule has 1 aromatic rings. The van der Waals surface area contributed by atoms with Gasteiger partial charge in [-0.2, -0.15) is 11.8 Å². The third kappa shape index (κ3) is 3.98. The van der Waals surface area contributed by atoms with Crippen LogP contribution < -0.4 is 4.74 Å². The number of aryl methyl sites for hydroxylation is 1. The van der Waals surface area contributed by atoms with Crippen molar-refractivity contribution in [2.45, 2.75) is 13.3 Å². The summed E-state index contributed by atoms with van der Waals surface area (Å²) in [6.07, 6.45) is 1.17. The van der Waals surface area contributed by atoms with Crippen molar-refractivity contribution >= 4 is 17.5 Å². The van der Waals surface area contributed by atoms with Gasteiger partial charge >= 0.3 is 0 Å². The lowest BCUT2D eigenvalue weighted by Gasteiger charge is -2.19.